The molecule has 0 heterocycles. The summed E-state index contributed by atoms with van der Waals surface area (Å²) in [5.74, 6) is 0. The highest BCUT2D eigenvalue weighted by atomic mass is 28.4. The van der Waals surface area contributed by atoms with Crippen LogP contribution in [0.2, 0.25) is 18.1 Å². The lowest BCUT2D eigenvalue weighted by Gasteiger charge is -2.36. The van der Waals surface area contributed by atoms with Crippen LogP contribution in [0.4, 0.5) is 0 Å². The summed E-state index contributed by atoms with van der Waals surface area (Å²) in [6.45, 7) is 16.2. The number of ether oxygens (including phenoxy) is 2. The number of hydrogen-bond acceptors (Lipinski definition) is 3. The van der Waals surface area contributed by atoms with E-state index >= 15 is 0 Å². The van der Waals surface area contributed by atoms with Crippen molar-refractivity contribution in [3.63, 3.8) is 0 Å². The molecule has 0 radical (unpaired) electrons. The third kappa shape index (κ3) is 8.11. The van der Waals surface area contributed by atoms with E-state index in [1.807, 2.05) is 18.2 Å². The Morgan fingerprint density at radius 1 is 1.04 bits per heavy atom. The van der Waals surface area contributed by atoms with Gasteiger partial charge in [-0.15, -0.1) is 0 Å². The summed E-state index contributed by atoms with van der Waals surface area (Å²) >= 11 is 0. The van der Waals surface area contributed by atoms with Gasteiger partial charge < -0.3 is 13.9 Å². The maximum atomic E-state index is 6.13. The minimum absolute atomic E-state index is 0.108. The first kappa shape index (κ1) is 20.4. The summed E-state index contributed by atoms with van der Waals surface area (Å²) in [7, 11) is -1.62. The average molecular weight is 339 g/mol. The first-order chi connectivity index (χ1) is 10.7. The fraction of sp³-hybridized carbons (Fsp3) is 0.684. The van der Waals surface area contributed by atoms with Crippen LogP contribution < -0.4 is 0 Å². The molecule has 0 aliphatic carbocycles. The van der Waals surface area contributed by atoms with Crippen LogP contribution in [0.1, 0.15) is 39.7 Å². The molecular weight excluding hydrogens is 304 g/mol. The fourth-order valence-corrected chi connectivity index (χ4v) is 2.90. The highest BCUT2D eigenvalue weighted by Crippen LogP contribution is 2.36. The van der Waals surface area contributed by atoms with E-state index in [-0.39, 0.29) is 11.1 Å². The van der Waals surface area contributed by atoms with Crippen LogP contribution >= 0.6 is 0 Å². The highest BCUT2D eigenvalue weighted by molar-refractivity contribution is 6.74. The van der Waals surface area contributed by atoms with E-state index < -0.39 is 8.32 Å². The van der Waals surface area contributed by atoms with Crippen molar-refractivity contribution in [3.05, 3.63) is 35.9 Å². The zero-order chi connectivity index (χ0) is 17.3. The quantitative estimate of drug-likeness (QED) is 0.443. The maximum Gasteiger partial charge on any atom is 0.191 e. The molecule has 1 atom stereocenters. The summed E-state index contributed by atoms with van der Waals surface area (Å²) < 4.78 is 17.6. The molecule has 0 spiro atoms. The van der Waals surface area contributed by atoms with Crippen LogP contribution in [0.25, 0.3) is 0 Å². The summed E-state index contributed by atoms with van der Waals surface area (Å²) in [5.41, 5.74) is 1.20. The Kier molecular flexibility index (Phi) is 8.48. The van der Waals surface area contributed by atoms with E-state index in [1.54, 1.807) is 0 Å². The van der Waals surface area contributed by atoms with Crippen LogP contribution in [-0.4, -0.2) is 34.2 Å². The van der Waals surface area contributed by atoms with E-state index in [2.05, 4.69) is 52.9 Å². The molecule has 0 aliphatic heterocycles. The second-order valence-electron chi connectivity index (χ2n) is 7.64. The molecule has 3 nitrogen and oxygen atoms in total. The smallest absolute Gasteiger partial charge is 0.191 e. The van der Waals surface area contributed by atoms with Crippen LogP contribution in [-0.2, 0) is 20.5 Å². The van der Waals surface area contributed by atoms with Crippen molar-refractivity contribution in [1.82, 2.24) is 0 Å². The molecule has 0 amide bonds. The predicted molar refractivity (Wildman–Crippen MR) is 99.3 cm³/mol. The Balaban J connectivity index is 2.06. The number of benzene rings is 1. The second kappa shape index (κ2) is 9.57. The van der Waals surface area contributed by atoms with Crippen molar-refractivity contribution >= 4 is 8.32 Å². The molecule has 0 N–H and O–H groups in total. The van der Waals surface area contributed by atoms with Crippen molar-refractivity contribution in [1.29, 1.82) is 0 Å². The largest absolute Gasteiger partial charge is 0.417 e. The Bertz CT molecular complexity index is 426. The summed E-state index contributed by atoms with van der Waals surface area (Å²) in [4.78, 5) is 0. The van der Waals surface area contributed by atoms with Gasteiger partial charge in [-0.25, -0.2) is 0 Å². The van der Waals surface area contributed by atoms with Gasteiger partial charge in [0.1, 0.15) is 0 Å². The average Bonchev–Trinajstić information content (AvgIpc) is 2.48. The number of hydrogen-bond donors (Lipinski definition) is 0. The molecule has 23 heavy (non-hydrogen) atoms. The molecule has 132 valence electrons. The van der Waals surface area contributed by atoms with Crippen molar-refractivity contribution < 1.29 is 13.9 Å². The van der Waals surface area contributed by atoms with E-state index in [0.717, 1.165) is 19.6 Å². The van der Waals surface area contributed by atoms with E-state index in [9.17, 15) is 0 Å². The highest BCUT2D eigenvalue weighted by Gasteiger charge is 2.36. The van der Waals surface area contributed by atoms with E-state index in [4.69, 9.17) is 13.9 Å². The lowest BCUT2D eigenvalue weighted by atomic mass is 10.2. The van der Waals surface area contributed by atoms with E-state index in [1.165, 1.54) is 5.56 Å². The minimum Gasteiger partial charge on any atom is -0.417 e. The normalized spacial score (nSPS) is 14.0. The standard InChI is InChI=1S/C19H34O3Si/c1-17(21-16-18-11-8-7-9-12-18)15-20-13-10-14-22-23(5,6)19(2,3)4/h7-9,11-12,17H,10,13-16H2,1-6H3/t17-/m1/s1. The molecule has 4 heteroatoms. The first-order valence-corrected chi connectivity index (χ1v) is 11.5. The van der Waals surface area contributed by atoms with Gasteiger partial charge >= 0.3 is 0 Å². The molecule has 1 rings (SSSR count). The van der Waals surface area contributed by atoms with Gasteiger partial charge in [-0.05, 0) is 37.0 Å². The van der Waals surface area contributed by atoms with Crippen molar-refractivity contribution in [2.24, 2.45) is 0 Å². The zero-order valence-electron chi connectivity index (χ0n) is 15.7. The molecular formula is C19H34O3Si. The molecule has 0 bridgehead atoms. The van der Waals surface area contributed by atoms with Gasteiger partial charge in [0, 0.05) is 13.2 Å². The molecule has 1 aromatic rings. The molecule has 1 aromatic carbocycles. The third-order valence-electron chi connectivity index (χ3n) is 4.43. The van der Waals surface area contributed by atoms with Gasteiger partial charge in [-0.2, -0.15) is 0 Å². The third-order valence-corrected chi connectivity index (χ3v) is 8.97. The number of rotatable bonds is 10. The van der Waals surface area contributed by atoms with Crippen LogP contribution in [0.15, 0.2) is 30.3 Å². The van der Waals surface area contributed by atoms with Gasteiger partial charge in [0.25, 0.3) is 0 Å². The van der Waals surface area contributed by atoms with Gasteiger partial charge in [-0.1, -0.05) is 51.1 Å². The van der Waals surface area contributed by atoms with Gasteiger partial charge in [0.05, 0.1) is 19.3 Å². The molecule has 0 saturated carbocycles. The van der Waals surface area contributed by atoms with Gasteiger partial charge in [-0.3, -0.25) is 0 Å². The topological polar surface area (TPSA) is 27.7 Å². The van der Waals surface area contributed by atoms with Crippen molar-refractivity contribution in [2.75, 3.05) is 19.8 Å². The first-order valence-electron chi connectivity index (χ1n) is 8.59. The summed E-state index contributed by atoms with van der Waals surface area (Å²) in [6, 6.07) is 10.2. The Morgan fingerprint density at radius 2 is 1.70 bits per heavy atom. The van der Waals surface area contributed by atoms with Crippen molar-refractivity contribution in [3.8, 4) is 0 Å². The van der Waals surface area contributed by atoms with E-state index in [0.29, 0.717) is 13.2 Å². The summed E-state index contributed by atoms with van der Waals surface area (Å²) in [6.07, 6.45) is 1.05. The molecule has 0 saturated heterocycles. The van der Waals surface area contributed by atoms with Gasteiger partial charge in [0.15, 0.2) is 8.32 Å². The van der Waals surface area contributed by atoms with Crippen LogP contribution in [0.3, 0.4) is 0 Å². The van der Waals surface area contributed by atoms with Gasteiger partial charge in [0.2, 0.25) is 0 Å². The summed E-state index contributed by atoms with van der Waals surface area (Å²) in [5, 5.41) is 0.271. The SMILES string of the molecule is C[C@H](COCCCO[Si](C)(C)C(C)(C)C)OCc1ccccc1. The molecule has 0 unspecified atom stereocenters. The lowest BCUT2D eigenvalue weighted by molar-refractivity contribution is -0.0168. The van der Waals surface area contributed by atoms with Crippen molar-refractivity contribution in [2.45, 2.75) is 65.0 Å². The fourth-order valence-electron chi connectivity index (χ4n) is 1.81. The predicted octanol–water partition coefficient (Wildman–Crippen LogP) is 5.02. The monoisotopic (exact) mass is 338 g/mol. The Labute approximate surface area is 143 Å². The molecule has 0 aliphatic rings. The second-order valence-corrected chi connectivity index (χ2v) is 12.5. The van der Waals surface area contributed by atoms with Crippen LogP contribution in [0.5, 0.6) is 0 Å². The Morgan fingerprint density at radius 3 is 2.30 bits per heavy atom. The molecule has 0 aromatic heterocycles. The maximum absolute atomic E-state index is 6.13. The Hall–Kier alpha value is -0.683. The zero-order valence-corrected chi connectivity index (χ0v) is 16.7. The lowest BCUT2D eigenvalue weighted by Crippen LogP contribution is -2.41. The van der Waals surface area contributed by atoms with Crippen LogP contribution in [0, 0.1) is 0 Å². The molecule has 0 fully saturated rings. The minimum atomic E-state index is -1.62.